The van der Waals surface area contributed by atoms with Crippen molar-refractivity contribution in [2.24, 2.45) is 17.8 Å². The number of hydrogen-bond acceptors (Lipinski definition) is 5. The molecule has 0 aromatic heterocycles. The molecule has 1 aromatic rings. The van der Waals surface area contributed by atoms with Gasteiger partial charge in [-0.15, -0.1) is 0 Å². The number of amides is 1. The Kier molecular flexibility index (Phi) is 4.02. The number of para-hydroxylation sites is 2. The van der Waals surface area contributed by atoms with Crippen molar-refractivity contribution < 1.29 is 23.8 Å². The highest BCUT2D eigenvalue weighted by atomic mass is 16.6. The van der Waals surface area contributed by atoms with Crippen LogP contribution in [0.15, 0.2) is 24.3 Å². The van der Waals surface area contributed by atoms with Crippen molar-refractivity contribution in [2.45, 2.75) is 50.2 Å². The summed E-state index contributed by atoms with van der Waals surface area (Å²) in [5.74, 6) is 2.63. The number of nitrogens with one attached hydrogen (secondary N) is 1. The number of hydrogen-bond donors (Lipinski definition) is 1. The molecule has 6 rings (SSSR count). The highest BCUT2D eigenvalue weighted by Crippen LogP contribution is 2.55. The first kappa shape index (κ1) is 16.9. The Labute approximate surface area is 158 Å². The predicted molar refractivity (Wildman–Crippen MR) is 96.4 cm³/mol. The molecule has 1 heterocycles. The molecule has 1 amide bonds. The molecular formula is C21H25NO5. The summed E-state index contributed by atoms with van der Waals surface area (Å²) in [7, 11) is 0. The average molecular weight is 371 g/mol. The molecule has 4 bridgehead atoms. The molecule has 27 heavy (non-hydrogen) atoms. The van der Waals surface area contributed by atoms with Crippen LogP contribution in [0.1, 0.15) is 38.5 Å². The number of carbonyl (C=O) groups is 2. The van der Waals surface area contributed by atoms with E-state index in [1.165, 1.54) is 19.3 Å². The molecule has 4 saturated carbocycles. The zero-order valence-electron chi connectivity index (χ0n) is 15.3. The van der Waals surface area contributed by atoms with Crippen LogP contribution in [0, 0.1) is 17.8 Å². The monoisotopic (exact) mass is 371 g/mol. The van der Waals surface area contributed by atoms with E-state index in [2.05, 4.69) is 5.32 Å². The third-order valence-corrected chi connectivity index (χ3v) is 6.56. The van der Waals surface area contributed by atoms with E-state index in [4.69, 9.17) is 14.2 Å². The minimum atomic E-state index is -0.841. The summed E-state index contributed by atoms with van der Waals surface area (Å²) >= 11 is 0. The summed E-state index contributed by atoms with van der Waals surface area (Å²) in [5.41, 5.74) is -0.0678. The molecule has 0 spiro atoms. The lowest BCUT2D eigenvalue weighted by atomic mass is 9.53. The molecule has 0 unspecified atom stereocenters. The van der Waals surface area contributed by atoms with Crippen LogP contribution in [0.2, 0.25) is 0 Å². The maximum Gasteiger partial charge on any atom is 0.351 e. The first-order valence-electron chi connectivity index (χ1n) is 9.95. The van der Waals surface area contributed by atoms with Gasteiger partial charge in [0, 0.05) is 5.54 Å². The van der Waals surface area contributed by atoms with Gasteiger partial charge in [-0.3, -0.25) is 4.79 Å². The van der Waals surface area contributed by atoms with E-state index in [9.17, 15) is 9.59 Å². The lowest BCUT2D eigenvalue weighted by Gasteiger charge is -2.56. The third-order valence-electron chi connectivity index (χ3n) is 6.56. The number of carbonyl (C=O) groups excluding carboxylic acids is 2. The second-order valence-electron chi connectivity index (χ2n) is 8.72. The van der Waals surface area contributed by atoms with Gasteiger partial charge in [0.25, 0.3) is 5.91 Å². The Morgan fingerprint density at radius 2 is 1.67 bits per heavy atom. The van der Waals surface area contributed by atoms with E-state index < -0.39 is 12.1 Å². The van der Waals surface area contributed by atoms with E-state index in [0.29, 0.717) is 11.5 Å². The Hall–Kier alpha value is -2.24. The van der Waals surface area contributed by atoms with Crippen molar-refractivity contribution in [3.63, 3.8) is 0 Å². The largest absolute Gasteiger partial charge is 0.485 e. The second kappa shape index (κ2) is 6.43. The van der Waals surface area contributed by atoms with Gasteiger partial charge in [-0.25, -0.2) is 4.79 Å². The van der Waals surface area contributed by atoms with Gasteiger partial charge < -0.3 is 19.5 Å². The van der Waals surface area contributed by atoms with E-state index in [-0.39, 0.29) is 24.7 Å². The number of rotatable bonds is 4. The first-order chi connectivity index (χ1) is 13.1. The van der Waals surface area contributed by atoms with Crippen LogP contribution in [-0.2, 0) is 14.3 Å². The highest BCUT2D eigenvalue weighted by Gasteiger charge is 2.51. The summed E-state index contributed by atoms with van der Waals surface area (Å²) in [4.78, 5) is 24.7. The molecule has 6 heteroatoms. The van der Waals surface area contributed by atoms with Crippen molar-refractivity contribution in [1.82, 2.24) is 5.32 Å². The van der Waals surface area contributed by atoms with Crippen LogP contribution in [0.4, 0.5) is 0 Å². The minimum absolute atomic E-state index is 0.0678. The SMILES string of the molecule is O=C(COC(=O)[C@H]1COc2ccccc2O1)NC12CC3CC(CC(C3)C1)C2. The maximum absolute atomic E-state index is 12.5. The van der Waals surface area contributed by atoms with Crippen LogP contribution >= 0.6 is 0 Å². The third kappa shape index (κ3) is 3.26. The molecule has 1 N–H and O–H groups in total. The summed E-state index contributed by atoms with van der Waals surface area (Å²) < 4.78 is 16.4. The Morgan fingerprint density at radius 3 is 2.33 bits per heavy atom. The van der Waals surface area contributed by atoms with Gasteiger partial charge >= 0.3 is 5.97 Å². The quantitative estimate of drug-likeness (QED) is 0.823. The van der Waals surface area contributed by atoms with Crippen LogP contribution in [0.25, 0.3) is 0 Å². The van der Waals surface area contributed by atoms with Gasteiger partial charge in [0.15, 0.2) is 18.1 Å². The van der Waals surface area contributed by atoms with E-state index in [0.717, 1.165) is 37.0 Å². The Balaban J connectivity index is 1.14. The minimum Gasteiger partial charge on any atom is -0.485 e. The standard InChI is InChI=1S/C21H25NO5/c23-19(22-21-8-13-5-14(9-21)7-15(6-13)10-21)12-26-20(24)18-11-25-16-3-1-2-4-17(16)27-18/h1-4,13-15,18H,5-12H2,(H,22,23)/t13?,14?,15?,18-,21?/m1/s1. The molecule has 4 aliphatic carbocycles. The Morgan fingerprint density at radius 1 is 1.04 bits per heavy atom. The fourth-order valence-corrected chi connectivity index (χ4v) is 5.96. The van der Waals surface area contributed by atoms with Crippen molar-refractivity contribution in [3.05, 3.63) is 24.3 Å². The molecule has 1 atom stereocenters. The van der Waals surface area contributed by atoms with Gasteiger partial charge in [-0.2, -0.15) is 0 Å². The molecular weight excluding hydrogens is 346 g/mol. The number of fused-ring (bicyclic) bond motifs is 1. The average Bonchev–Trinajstić information content (AvgIpc) is 2.64. The van der Waals surface area contributed by atoms with Crippen LogP contribution in [-0.4, -0.2) is 36.7 Å². The van der Waals surface area contributed by atoms with Crippen molar-refractivity contribution >= 4 is 11.9 Å². The lowest BCUT2D eigenvalue weighted by Crippen LogP contribution is -2.60. The zero-order chi connectivity index (χ0) is 18.4. The fraction of sp³-hybridized carbons (Fsp3) is 0.619. The summed E-state index contributed by atoms with van der Waals surface area (Å²) in [6.45, 7) is -0.172. The molecule has 5 aliphatic rings. The van der Waals surface area contributed by atoms with Crippen LogP contribution in [0.5, 0.6) is 11.5 Å². The number of esters is 1. The fourth-order valence-electron chi connectivity index (χ4n) is 5.96. The lowest BCUT2D eigenvalue weighted by molar-refractivity contribution is -0.158. The van der Waals surface area contributed by atoms with E-state index in [1.54, 1.807) is 12.1 Å². The van der Waals surface area contributed by atoms with Gasteiger partial charge in [-0.05, 0) is 68.4 Å². The van der Waals surface area contributed by atoms with Gasteiger partial charge in [-0.1, -0.05) is 12.1 Å². The number of benzene rings is 1. The molecule has 0 radical (unpaired) electrons. The molecule has 1 aliphatic heterocycles. The summed E-state index contributed by atoms with van der Waals surface area (Å²) in [6, 6.07) is 7.19. The second-order valence-corrected chi connectivity index (χ2v) is 8.72. The van der Waals surface area contributed by atoms with Crippen LogP contribution < -0.4 is 14.8 Å². The maximum atomic E-state index is 12.5. The molecule has 144 valence electrons. The van der Waals surface area contributed by atoms with E-state index in [1.807, 2.05) is 12.1 Å². The van der Waals surface area contributed by atoms with Gasteiger partial charge in [0.05, 0.1) is 0 Å². The molecule has 4 fully saturated rings. The highest BCUT2D eigenvalue weighted by molar-refractivity contribution is 5.83. The van der Waals surface area contributed by atoms with E-state index >= 15 is 0 Å². The molecule has 0 saturated heterocycles. The smallest absolute Gasteiger partial charge is 0.351 e. The van der Waals surface area contributed by atoms with Crippen molar-refractivity contribution in [2.75, 3.05) is 13.2 Å². The summed E-state index contributed by atoms with van der Waals surface area (Å²) in [6.07, 6.45) is 6.37. The predicted octanol–water partition coefficient (Wildman–Crippen LogP) is 2.45. The van der Waals surface area contributed by atoms with Crippen molar-refractivity contribution in [3.8, 4) is 11.5 Å². The zero-order valence-corrected chi connectivity index (χ0v) is 15.3. The van der Waals surface area contributed by atoms with Gasteiger partial charge in [0.2, 0.25) is 6.10 Å². The van der Waals surface area contributed by atoms with Crippen LogP contribution in [0.3, 0.4) is 0 Å². The Bertz CT molecular complexity index is 725. The molecule has 1 aromatic carbocycles. The first-order valence-corrected chi connectivity index (χ1v) is 9.95. The van der Waals surface area contributed by atoms with Crippen molar-refractivity contribution in [1.29, 1.82) is 0 Å². The topological polar surface area (TPSA) is 73.9 Å². The van der Waals surface area contributed by atoms with Gasteiger partial charge in [0.1, 0.15) is 6.61 Å². The number of ether oxygens (including phenoxy) is 3. The summed E-state index contributed by atoms with van der Waals surface area (Å²) in [5, 5.41) is 3.21. The normalized spacial score (nSPS) is 35.6. The molecule has 6 nitrogen and oxygen atoms in total.